The molecule has 0 amide bonds. The number of allylic oxidation sites excluding steroid dienone is 1. The Hall–Kier alpha value is -3.86. The molecule has 1 heterocycles. The summed E-state index contributed by atoms with van der Waals surface area (Å²) in [5.41, 5.74) is 2.64. The molecule has 0 aliphatic carbocycles. The van der Waals surface area contributed by atoms with Crippen molar-refractivity contribution in [2.24, 2.45) is 0 Å². The first-order chi connectivity index (χ1) is 14.0. The predicted octanol–water partition coefficient (Wildman–Crippen LogP) is 4.84. The zero-order chi connectivity index (χ0) is 20.4. The molecule has 5 nitrogen and oxygen atoms in total. The van der Waals surface area contributed by atoms with E-state index in [-0.39, 0.29) is 11.5 Å². The largest absolute Gasteiger partial charge is 0.497 e. The molecule has 0 fully saturated rings. The molecule has 1 aliphatic heterocycles. The van der Waals surface area contributed by atoms with Gasteiger partial charge in [-0.15, -0.1) is 0 Å². The minimum atomic E-state index is -0.467. The molecular formula is C24H18O5. The van der Waals surface area contributed by atoms with Crippen molar-refractivity contribution in [3.8, 4) is 17.2 Å². The summed E-state index contributed by atoms with van der Waals surface area (Å²) in [5, 5.41) is 0. The van der Waals surface area contributed by atoms with Gasteiger partial charge < -0.3 is 14.2 Å². The summed E-state index contributed by atoms with van der Waals surface area (Å²) in [5.74, 6) is 0.872. The highest BCUT2D eigenvalue weighted by Crippen LogP contribution is 2.35. The van der Waals surface area contributed by atoms with Crippen molar-refractivity contribution in [1.82, 2.24) is 0 Å². The second kappa shape index (κ2) is 7.64. The lowest BCUT2D eigenvalue weighted by molar-refractivity contribution is 0.0734. The second-order valence-corrected chi connectivity index (χ2v) is 6.63. The van der Waals surface area contributed by atoms with E-state index in [1.165, 1.54) is 0 Å². The molecular weight excluding hydrogens is 368 g/mol. The van der Waals surface area contributed by atoms with Crippen molar-refractivity contribution in [2.45, 2.75) is 6.92 Å². The van der Waals surface area contributed by atoms with Crippen molar-refractivity contribution in [3.05, 3.63) is 94.7 Å². The molecule has 0 N–H and O–H groups in total. The normalized spacial score (nSPS) is 13.7. The van der Waals surface area contributed by atoms with Crippen molar-refractivity contribution in [3.63, 3.8) is 0 Å². The zero-order valence-electron chi connectivity index (χ0n) is 16.0. The standard InChI is InChI=1S/C24H18O5/c1-15-5-3-7-17(11-15)24(26)28-19-9-10-20-21(14-19)29-22(23(20)25)13-16-6-4-8-18(12-16)27-2/h3-14H,1-2H3/b22-13-. The maximum absolute atomic E-state index is 12.6. The minimum absolute atomic E-state index is 0.204. The number of aryl methyl sites for hydroxylation is 1. The molecule has 144 valence electrons. The number of hydrogen-bond donors (Lipinski definition) is 0. The summed E-state index contributed by atoms with van der Waals surface area (Å²) in [6.45, 7) is 1.90. The van der Waals surface area contributed by atoms with Crippen LogP contribution < -0.4 is 14.2 Å². The number of ether oxygens (including phenoxy) is 3. The number of esters is 1. The molecule has 4 rings (SSSR count). The average molecular weight is 386 g/mol. The van der Waals surface area contributed by atoms with Crippen molar-refractivity contribution in [2.75, 3.05) is 7.11 Å². The number of hydrogen-bond acceptors (Lipinski definition) is 5. The first kappa shape index (κ1) is 18.5. The SMILES string of the molecule is COc1cccc(/C=C2\Oc3cc(OC(=O)c4cccc(C)c4)ccc3C2=O)c1. The molecule has 3 aromatic carbocycles. The Kier molecular flexibility index (Phi) is 4.87. The second-order valence-electron chi connectivity index (χ2n) is 6.63. The van der Waals surface area contributed by atoms with Crippen molar-refractivity contribution < 1.29 is 23.8 Å². The molecule has 0 saturated heterocycles. The number of Topliss-reactive ketones (excluding diaryl/α,β-unsaturated/α-hetero) is 1. The molecule has 5 heteroatoms. The molecule has 3 aromatic rings. The van der Waals surface area contributed by atoms with Gasteiger partial charge in [0.2, 0.25) is 5.78 Å². The van der Waals surface area contributed by atoms with Crippen LogP contribution in [-0.2, 0) is 0 Å². The Balaban J connectivity index is 1.55. The van der Waals surface area contributed by atoms with Gasteiger partial charge in [0.1, 0.15) is 17.2 Å². The maximum atomic E-state index is 12.6. The van der Waals surface area contributed by atoms with Gasteiger partial charge in [-0.1, -0.05) is 29.8 Å². The number of carbonyl (C=O) groups excluding carboxylic acids is 2. The molecule has 29 heavy (non-hydrogen) atoms. The van der Waals surface area contributed by atoms with E-state index in [1.54, 1.807) is 49.6 Å². The Bertz CT molecular complexity index is 1140. The Morgan fingerprint density at radius 2 is 1.79 bits per heavy atom. The number of rotatable bonds is 4. The van der Waals surface area contributed by atoms with Gasteiger partial charge in [-0.2, -0.15) is 0 Å². The lowest BCUT2D eigenvalue weighted by Gasteiger charge is -2.06. The highest BCUT2D eigenvalue weighted by molar-refractivity contribution is 6.14. The van der Waals surface area contributed by atoms with Gasteiger partial charge in [0, 0.05) is 6.07 Å². The van der Waals surface area contributed by atoms with Crippen molar-refractivity contribution >= 4 is 17.8 Å². The molecule has 0 radical (unpaired) electrons. The number of fused-ring (bicyclic) bond motifs is 1. The lowest BCUT2D eigenvalue weighted by Crippen LogP contribution is -2.08. The fourth-order valence-corrected chi connectivity index (χ4v) is 3.05. The van der Waals surface area contributed by atoms with Crippen LogP contribution in [0, 0.1) is 6.92 Å². The smallest absolute Gasteiger partial charge is 0.343 e. The molecule has 0 atom stereocenters. The predicted molar refractivity (Wildman–Crippen MR) is 109 cm³/mol. The average Bonchev–Trinajstić information content (AvgIpc) is 3.03. The summed E-state index contributed by atoms with van der Waals surface area (Å²) < 4.78 is 16.4. The van der Waals surface area contributed by atoms with Gasteiger partial charge in [0.05, 0.1) is 18.2 Å². The van der Waals surface area contributed by atoms with Gasteiger partial charge in [0.15, 0.2) is 5.76 Å². The third kappa shape index (κ3) is 3.89. The van der Waals surface area contributed by atoms with Crippen LogP contribution in [-0.4, -0.2) is 18.9 Å². The van der Waals surface area contributed by atoms with E-state index >= 15 is 0 Å². The van der Waals surface area contributed by atoms with E-state index in [2.05, 4.69) is 0 Å². The summed E-state index contributed by atoms with van der Waals surface area (Å²) >= 11 is 0. The lowest BCUT2D eigenvalue weighted by atomic mass is 10.1. The number of benzene rings is 3. The maximum Gasteiger partial charge on any atom is 0.343 e. The highest BCUT2D eigenvalue weighted by Gasteiger charge is 2.28. The monoisotopic (exact) mass is 386 g/mol. The van der Waals surface area contributed by atoms with Crippen LogP contribution in [0.25, 0.3) is 6.08 Å². The number of carbonyl (C=O) groups is 2. The zero-order valence-corrected chi connectivity index (χ0v) is 16.0. The molecule has 0 bridgehead atoms. The van der Waals surface area contributed by atoms with Gasteiger partial charge in [-0.3, -0.25) is 4.79 Å². The van der Waals surface area contributed by atoms with Crippen LogP contribution in [0.5, 0.6) is 17.2 Å². The molecule has 0 spiro atoms. The van der Waals surface area contributed by atoms with Crippen LogP contribution in [0.4, 0.5) is 0 Å². The molecule has 0 unspecified atom stereocenters. The molecule has 0 saturated carbocycles. The van der Waals surface area contributed by atoms with Gasteiger partial charge >= 0.3 is 5.97 Å². The van der Waals surface area contributed by atoms with Crippen LogP contribution in [0.1, 0.15) is 31.8 Å². The summed E-state index contributed by atoms with van der Waals surface area (Å²) in [6, 6.07) is 19.2. The molecule has 1 aliphatic rings. The molecule has 0 aromatic heterocycles. The topological polar surface area (TPSA) is 61.8 Å². The Morgan fingerprint density at radius 1 is 0.966 bits per heavy atom. The van der Waals surface area contributed by atoms with E-state index in [4.69, 9.17) is 14.2 Å². The number of ketones is 1. The fourth-order valence-electron chi connectivity index (χ4n) is 3.05. The summed E-state index contributed by atoms with van der Waals surface area (Å²) in [6.07, 6.45) is 1.66. The highest BCUT2D eigenvalue weighted by atomic mass is 16.5. The van der Waals surface area contributed by atoms with Gasteiger partial charge in [-0.25, -0.2) is 4.79 Å². The van der Waals surface area contributed by atoms with Crippen LogP contribution in [0.2, 0.25) is 0 Å². The Labute approximate surface area is 168 Å². The van der Waals surface area contributed by atoms with E-state index in [9.17, 15) is 9.59 Å². The van der Waals surface area contributed by atoms with Crippen LogP contribution in [0.3, 0.4) is 0 Å². The first-order valence-corrected chi connectivity index (χ1v) is 9.05. The Morgan fingerprint density at radius 3 is 2.59 bits per heavy atom. The van der Waals surface area contributed by atoms with Crippen molar-refractivity contribution in [1.29, 1.82) is 0 Å². The van der Waals surface area contributed by atoms with E-state index < -0.39 is 5.97 Å². The number of methoxy groups -OCH3 is 1. The third-order valence-corrected chi connectivity index (χ3v) is 4.50. The summed E-state index contributed by atoms with van der Waals surface area (Å²) in [7, 11) is 1.58. The fraction of sp³-hybridized carbons (Fsp3) is 0.0833. The first-order valence-electron chi connectivity index (χ1n) is 9.05. The summed E-state index contributed by atoms with van der Waals surface area (Å²) in [4.78, 5) is 25.0. The third-order valence-electron chi connectivity index (χ3n) is 4.50. The minimum Gasteiger partial charge on any atom is -0.497 e. The van der Waals surface area contributed by atoms with Crippen LogP contribution in [0.15, 0.2) is 72.5 Å². The quantitative estimate of drug-likeness (QED) is 0.365. The van der Waals surface area contributed by atoms with E-state index in [0.29, 0.717) is 28.4 Å². The van der Waals surface area contributed by atoms with E-state index in [0.717, 1.165) is 11.1 Å². The van der Waals surface area contributed by atoms with Crippen LogP contribution >= 0.6 is 0 Å². The van der Waals surface area contributed by atoms with Gasteiger partial charge in [0.25, 0.3) is 0 Å². The van der Waals surface area contributed by atoms with Gasteiger partial charge in [-0.05, 0) is 55.0 Å². The van der Waals surface area contributed by atoms with E-state index in [1.807, 2.05) is 37.3 Å².